The third kappa shape index (κ3) is 4.25. The van der Waals surface area contributed by atoms with Crippen molar-refractivity contribution in [3.05, 3.63) is 18.2 Å². The maximum Gasteiger partial charge on any atom is 0.526 e. The van der Waals surface area contributed by atoms with Crippen molar-refractivity contribution in [2.45, 2.75) is 21.8 Å². The number of hydrogen-bond acceptors (Lipinski definition) is 4. The second-order valence-electron chi connectivity index (χ2n) is 3.34. The van der Waals surface area contributed by atoms with Gasteiger partial charge in [-0.05, 0) is 35.5 Å². The van der Waals surface area contributed by atoms with Crippen LogP contribution in [0.4, 0.5) is 26.3 Å². The lowest BCUT2D eigenvalue weighted by molar-refractivity contribution is -0.391. The molecule has 0 aliphatic carbocycles. The van der Waals surface area contributed by atoms with Crippen LogP contribution in [-0.4, -0.2) is 27.1 Å². The molecule has 0 amide bonds. The summed E-state index contributed by atoms with van der Waals surface area (Å²) in [4.78, 5) is -0.707. The van der Waals surface area contributed by atoms with E-state index in [9.17, 15) is 31.4 Å². The minimum atomic E-state index is -5.72. The molecule has 0 unspecified atom stereocenters. The van der Waals surface area contributed by atoms with Gasteiger partial charge in [0.2, 0.25) is 0 Å². The molecule has 0 bridgehead atoms. The predicted octanol–water partition coefficient (Wildman–Crippen LogP) is 4.18. The summed E-state index contributed by atoms with van der Waals surface area (Å²) in [7, 11) is 0. The minimum absolute atomic E-state index is 0.487. The topological polar surface area (TPSA) is 49.7 Å². The van der Waals surface area contributed by atoms with Crippen molar-refractivity contribution < 1.29 is 41.3 Å². The molecule has 11 heteroatoms. The molecule has 1 atom stereocenters. The van der Waals surface area contributed by atoms with E-state index < -0.39 is 45.1 Å². The predicted molar refractivity (Wildman–Crippen MR) is 57.4 cm³/mol. The Morgan fingerprint density at radius 1 is 1.05 bits per heavy atom. The highest BCUT2D eigenvalue weighted by atomic mass is 35.5. The second kappa shape index (κ2) is 5.41. The molecule has 0 fully saturated rings. The number of aromatic hydroxyl groups is 2. The number of ether oxygens (including phenoxy) is 1. The van der Waals surface area contributed by atoms with Gasteiger partial charge in [-0.15, -0.1) is 13.2 Å². The number of thioether (sulfide) groups is 1. The zero-order chi connectivity index (χ0) is 15.8. The van der Waals surface area contributed by atoms with Crippen LogP contribution in [0.25, 0.3) is 0 Å². The smallest absolute Gasteiger partial charge is 0.508 e. The quantitative estimate of drug-likeness (QED) is 0.489. The average Bonchev–Trinajstić information content (AvgIpc) is 2.18. The molecule has 1 aromatic rings. The highest BCUT2D eigenvalue weighted by Crippen LogP contribution is 2.52. The van der Waals surface area contributed by atoms with E-state index in [0.717, 1.165) is 12.1 Å². The average molecular weight is 343 g/mol. The van der Waals surface area contributed by atoms with Crippen molar-refractivity contribution in [3.8, 4) is 11.5 Å². The zero-order valence-electron chi connectivity index (χ0n) is 9.09. The largest absolute Gasteiger partial charge is 0.526 e. The van der Waals surface area contributed by atoms with Crippen LogP contribution in [0.1, 0.15) is 0 Å². The molecule has 0 aliphatic rings. The standard InChI is InChI=1S/C9H5ClF6O3S/c10-7(11,19-9(14,15)16)8(12,13)20-6-2-1-4(17)3-5(6)18/h1-3,17-18H/t7-/m1/s1. The van der Waals surface area contributed by atoms with E-state index in [1.807, 2.05) is 0 Å². The van der Waals surface area contributed by atoms with Crippen LogP contribution in [0.2, 0.25) is 0 Å². The first-order valence-electron chi connectivity index (χ1n) is 4.57. The third-order valence-corrected chi connectivity index (χ3v) is 3.27. The number of benzene rings is 1. The van der Waals surface area contributed by atoms with Crippen molar-refractivity contribution in [2.75, 3.05) is 0 Å². The van der Waals surface area contributed by atoms with Crippen LogP contribution >= 0.6 is 23.4 Å². The molecule has 1 rings (SSSR count). The van der Waals surface area contributed by atoms with Gasteiger partial charge in [0.1, 0.15) is 11.5 Å². The molecule has 0 heterocycles. The SMILES string of the molecule is Oc1ccc(SC(F)(F)[C@](F)(Cl)OC(F)(F)F)c(O)c1. The Labute approximate surface area is 117 Å². The second-order valence-corrected chi connectivity index (χ2v) is 4.98. The first-order chi connectivity index (χ1) is 8.84. The fourth-order valence-corrected chi connectivity index (χ4v) is 1.93. The van der Waals surface area contributed by atoms with Gasteiger partial charge < -0.3 is 10.2 Å². The molecule has 0 saturated heterocycles. The summed E-state index contributed by atoms with van der Waals surface area (Å²) < 4.78 is 77.8. The summed E-state index contributed by atoms with van der Waals surface area (Å²) in [6.07, 6.45) is -5.72. The normalized spacial score (nSPS) is 15.9. The molecule has 2 N–H and O–H groups in total. The van der Waals surface area contributed by atoms with Gasteiger partial charge in [-0.3, -0.25) is 0 Å². The van der Waals surface area contributed by atoms with E-state index in [2.05, 4.69) is 16.3 Å². The molecule has 1 aromatic carbocycles. The number of hydrogen-bond donors (Lipinski definition) is 2. The minimum Gasteiger partial charge on any atom is -0.508 e. The lowest BCUT2D eigenvalue weighted by Gasteiger charge is -2.27. The van der Waals surface area contributed by atoms with Gasteiger partial charge >= 0.3 is 16.9 Å². The molecular weight excluding hydrogens is 338 g/mol. The van der Waals surface area contributed by atoms with Crippen LogP contribution in [-0.2, 0) is 4.74 Å². The monoisotopic (exact) mass is 342 g/mol. The van der Waals surface area contributed by atoms with Crippen LogP contribution < -0.4 is 0 Å². The van der Waals surface area contributed by atoms with E-state index in [1.54, 1.807) is 0 Å². The Balaban J connectivity index is 2.98. The zero-order valence-corrected chi connectivity index (χ0v) is 10.7. The Hall–Kier alpha value is -1.00. The first-order valence-corrected chi connectivity index (χ1v) is 5.77. The maximum atomic E-state index is 13.4. The lowest BCUT2D eigenvalue weighted by Crippen LogP contribution is -2.43. The summed E-state index contributed by atoms with van der Waals surface area (Å²) >= 11 is 3.64. The molecule has 114 valence electrons. The number of alkyl halides is 7. The Morgan fingerprint density at radius 2 is 1.60 bits per heavy atom. The molecule has 20 heavy (non-hydrogen) atoms. The number of phenolic OH excluding ortho intramolecular Hbond substituents is 2. The summed E-state index contributed by atoms with van der Waals surface area (Å²) in [5.74, 6) is -1.38. The summed E-state index contributed by atoms with van der Waals surface area (Å²) in [5.41, 5.74) is 0. The lowest BCUT2D eigenvalue weighted by atomic mass is 10.3. The van der Waals surface area contributed by atoms with Gasteiger partial charge in [0.05, 0.1) is 4.90 Å². The van der Waals surface area contributed by atoms with E-state index in [-0.39, 0.29) is 0 Å². The van der Waals surface area contributed by atoms with Gasteiger partial charge in [-0.1, -0.05) is 0 Å². The molecule has 0 spiro atoms. The van der Waals surface area contributed by atoms with E-state index in [0.29, 0.717) is 6.07 Å². The fraction of sp³-hybridized carbons (Fsp3) is 0.333. The van der Waals surface area contributed by atoms with Crippen molar-refractivity contribution in [3.63, 3.8) is 0 Å². The summed E-state index contributed by atoms with van der Waals surface area (Å²) in [6, 6.07) is 2.23. The molecule has 0 aromatic heterocycles. The van der Waals surface area contributed by atoms with Crippen LogP contribution in [0.15, 0.2) is 23.1 Å². The number of halogens is 7. The Kier molecular flexibility index (Phi) is 4.62. The molecular formula is C9H5ClF6O3S. The van der Waals surface area contributed by atoms with Gasteiger partial charge in [0, 0.05) is 6.07 Å². The first kappa shape index (κ1) is 17.1. The van der Waals surface area contributed by atoms with Crippen molar-refractivity contribution >= 4 is 23.4 Å². The van der Waals surface area contributed by atoms with E-state index >= 15 is 0 Å². The third-order valence-electron chi connectivity index (χ3n) is 1.76. The van der Waals surface area contributed by atoms with Gasteiger partial charge in [-0.2, -0.15) is 13.2 Å². The molecule has 0 radical (unpaired) electrons. The van der Waals surface area contributed by atoms with Crippen molar-refractivity contribution in [2.24, 2.45) is 0 Å². The van der Waals surface area contributed by atoms with Crippen LogP contribution in [0.5, 0.6) is 11.5 Å². The van der Waals surface area contributed by atoms with E-state index in [4.69, 9.17) is 5.11 Å². The maximum absolute atomic E-state index is 13.4. The van der Waals surface area contributed by atoms with Gasteiger partial charge in [-0.25, -0.2) is 4.74 Å². The summed E-state index contributed by atoms with van der Waals surface area (Å²) in [6.45, 7) is 0. The fourth-order valence-electron chi connectivity index (χ4n) is 0.994. The number of rotatable bonds is 4. The molecule has 0 saturated carbocycles. The van der Waals surface area contributed by atoms with Crippen LogP contribution in [0.3, 0.4) is 0 Å². The van der Waals surface area contributed by atoms with Gasteiger partial charge in [0.15, 0.2) is 0 Å². The van der Waals surface area contributed by atoms with Crippen molar-refractivity contribution in [1.29, 1.82) is 0 Å². The summed E-state index contributed by atoms with van der Waals surface area (Å²) in [5, 5.41) is 8.38. The van der Waals surface area contributed by atoms with Crippen LogP contribution in [0, 0.1) is 0 Å². The highest BCUT2D eigenvalue weighted by molar-refractivity contribution is 8.00. The molecule has 3 nitrogen and oxygen atoms in total. The van der Waals surface area contributed by atoms with Gasteiger partial charge in [0.25, 0.3) is 0 Å². The van der Waals surface area contributed by atoms with Crippen molar-refractivity contribution in [1.82, 2.24) is 0 Å². The number of phenols is 2. The molecule has 0 aliphatic heterocycles. The van der Waals surface area contributed by atoms with E-state index in [1.165, 1.54) is 0 Å². The Bertz CT molecular complexity index is 493. The highest BCUT2D eigenvalue weighted by Gasteiger charge is 2.61. The Morgan fingerprint density at radius 3 is 2.05 bits per heavy atom.